The summed E-state index contributed by atoms with van der Waals surface area (Å²) in [6.45, 7) is 8.18. The van der Waals surface area contributed by atoms with Crippen LogP contribution in [0.4, 0.5) is 4.39 Å². The van der Waals surface area contributed by atoms with Crippen molar-refractivity contribution in [1.82, 2.24) is 9.80 Å². The van der Waals surface area contributed by atoms with Gasteiger partial charge in [-0.3, -0.25) is 9.29 Å². The van der Waals surface area contributed by atoms with Gasteiger partial charge in [0, 0.05) is 31.7 Å². The summed E-state index contributed by atoms with van der Waals surface area (Å²) in [5, 5.41) is 0. The first-order chi connectivity index (χ1) is 13.0. The van der Waals surface area contributed by atoms with Crippen molar-refractivity contribution >= 4 is 0 Å². The molecular formula is C22H35FN2O2. The quantitative estimate of drug-likeness (QED) is 0.636. The monoisotopic (exact) mass is 378 g/mol. The number of piperazine rings is 1. The summed E-state index contributed by atoms with van der Waals surface area (Å²) in [5.74, 6) is 2.32. The van der Waals surface area contributed by atoms with Gasteiger partial charge < -0.3 is 14.4 Å². The van der Waals surface area contributed by atoms with Gasteiger partial charge in [0.1, 0.15) is 0 Å². The third-order valence-electron chi connectivity index (χ3n) is 5.95. The number of likely N-dealkylation sites (N-methyl/N-ethyl adjacent to an activating group) is 1. The van der Waals surface area contributed by atoms with Gasteiger partial charge in [-0.15, -0.1) is 0 Å². The number of fused-ring (bicyclic) bond motifs is 3. The second-order valence-corrected chi connectivity index (χ2v) is 8.43. The van der Waals surface area contributed by atoms with Crippen LogP contribution in [0.1, 0.15) is 50.3 Å². The second kappa shape index (κ2) is 9.24. The molecule has 0 aromatic heterocycles. The highest BCUT2D eigenvalue weighted by atomic mass is 19.1. The molecule has 1 fully saturated rings. The van der Waals surface area contributed by atoms with E-state index < -0.39 is 0 Å². The molecule has 5 heteroatoms. The van der Waals surface area contributed by atoms with Gasteiger partial charge in [0.05, 0.1) is 20.4 Å². The zero-order valence-electron chi connectivity index (χ0n) is 17.3. The first kappa shape index (κ1) is 20.4. The van der Waals surface area contributed by atoms with Crippen LogP contribution in [0.3, 0.4) is 0 Å². The lowest BCUT2D eigenvalue weighted by atomic mass is 9.88. The fourth-order valence-corrected chi connectivity index (χ4v) is 4.47. The Hall–Kier alpha value is -1.33. The Kier molecular flexibility index (Phi) is 6.99. The predicted octanol–water partition coefficient (Wildman–Crippen LogP) is 4.08. The van der Waals surface area contributed by atoms with Crippen molar-refractivity contribution in [2.24, 2.45) is 5.92 Å². The lowest BCUT2D eigenvalue weighted by molar-refractivity contribution is 0.0294. The van der Waals surface area contributed by atoms with Gasteiger partial charge in [-0.2, -0.15) is 0 Å². The first-order valence-electron chi connectivity index (χ1n) is 10.4. The third kappa shape index (κ3) is 4.75. The van der Waals surface area contributed by atoms with Crippen LogP contribution in [0.25, 0.3) is 0 Å². The summed E-state index contributed by atoms with van der Waals surface area (Å²) in [4.78, 5) is 5.18. The topological polar surface area (TPSA) is 24.9 Å². The van der Waals surface area contributed by atoms with Crippen LogP contribution in [0, 0.1) is 5.92 Å². The molecule has 3 rings (SSSR count). The molecule has 0 N–H and O–H groups in total. The highest BCUT2D eigenvalue weighted by Crippen LogP contribution is 2.40. The van der Waals surface area contributed by atoms with E-state index in [1.54, 1.807) is 7.11 Å². The van der Waals surface area contributed by atoms with Gasteiger partial charge in [0.15, 0.2) is 11.5 Å². The molecule has 0 bridgehead atoms. The van der Waals surface area contributed by atoms with Gasteiger partial charge in [-0.05, 0) is 61.9 Å². The zero-order valence-corrected chi connectivity index (χ0v) is 17.3. The molecule has 2 aliphatic heterocycles. The molecule has 0 aliphatic carbocycles. The maximum absolute atomic E-state index is 12.3. The molecule has 2 aliphatic rings. The van der Waals surface area contributed by atoms with Crippen molar-refractivity contribution in [3.63, 3.8) is 0 Å². The molecule has 4 nitrogen and oxygen atoms in total. The van der Waals surface area contributed by atoms with Crippen molar-refractivity contribution in [2.45, 2.75) is 51.6 Å². The minimum Gasteiger partial charge on any atom is -0.493 e. The van der Waals surface area contributed by atoms with E-state index in [1.165, 1.54) is 17.5 Å². The van der Waals surface area contributed by atoms with Crippen molar-refractivity contribution in [3.05, 3.63) is 23.3 Å². The van der Waals surface area contributed by atoms with Crippen LogP contribution in [-0.2, 0) is 6.42 Å². The minimum atomic E-state index is -0.284. The van der Waals surface area contributed by atoms with Gasteiger partial charge >= 0.3 is 0 Å². The molecule has 1 saturated heterocycles. The Balaban J connectivity index is 1.76. The Morgan fingerprint density at radius 1 is 1.19 bits per heavy atom. The molecule has 0 amide bonds. The van der Waals surface area contributed by atoms with E-state index in [9.17, 15) is 4.39 Å². The number of halogens is 1. The summed E-state index contributed by atoms with van der Waals surface area (Å²) in [6.07, 6.45) is 3.58. The molecule has 0 radical (unpaired) electrons. The van der Waals surface area contributed by atoms with Gasteiger partial charge in [0.25, 0.3) is 0 Å². The summed E-state index contributed by atoms with van der Waals surface area (Å²) < 4.78 is 23.8. The average molecular weight is 379 g/mol. The molecule has 152 valence electrons. The number of hydrogen-bond acceptors (Lipinski definition) is 4. The fraction of sp³-hybridized carbons (Fsp3) is 0.727. The molecule has 1 aromatic carbocycles. The SMILES string of the molecule is COc1cc2c(cc1OCCCCF)CCN1C[C@@H](CC(C)C)N(C)C[C@H]21. The lowest BCUT2D eigenvalue weighted by Crippen LogP contribution is -2.55. The lowest BCUT2D eigenvalue weighted by Gasteiger charge is -2.48. The Morgan fingerprint density at radius 2 is 2.00 bits per heavy atom. The van der Waals surface area contributed by atoms with Gasteiger partial charge in [-0.1, -0.05) is 13.8 Å². The molecule has 0 spiro atoms. The van der Waals surface area contributed by atoms with E-state index in [4.69, 9.17) is 9.47 Å². The first-order valence-corrected chi connectivity index (χ1v) is 10.4. The van der Waals surface area contributed by atoms with Crippen molar-refractivity contribution < 1.29 is 13.9 Å². The average Bonchev–Trinajstić information content (AvgIpc) is 2.65. The maximum Gasteiger partial charge on any atom is 0.161 e. The van der Waals surface area contributed by atoms with Crippen molar-refractivity contribution in [1.29, 1.82) is 0 Å². The summed E-state index contributed by atoms with van der Waals surface area (Å²) in [6, 6.07) is 5.40. The molecule has 2 atom stereocenters. The number of ether oxygens (including phenoxy) is 2. The Labute approximate surface area is 163 Å². The van der Waals surface area contributed by atoms with Crippen molar-refractivity contribution in [2.75, 3.05) is 47.1 Å². The number of methoxy groups -OCH3 is 1. The standard InChI is InChI=1S/C22H35FN2O2/c1-16(2)11-18-14-25-9-7-17-12-22(27-10-6-5-8-23)21(26-4)13-19(17)20(25)15-24(18)3/h12-13,16,18,20H,5-11,14-15H2,1-4H3/t18-,20-/m1/s1. The second-order valence-electron chi connectivity index (χ2n) is 8.43. The van der Waals surface area contributed by atoms with E-state index >= 15 is 0 Å². The Bertz CT molecular complexity index is 623. The largest absolute Gasteiger partial charge is 0.493 e. The Morgan fingerprint density at radius 3 is 2.70 bits per heavy atom. The van der Waals surface area contributed by atoms with Crippen LogP contribution >= 0.6 is 0 Å². The summed E-state index contributed by atoms with van der Waals surface area (Å²) in [7, 11) is 3.96. The van der Waals surface area contributed by atoms with Crippen LogP contribution in [0.15, 0.2) is 12.1 Å². The smallest absolute Gasteiger partial charge is 0.161 e. The van der Waals surface area contributed by atoms with Gasteiger partial charge in [-0.25, -0.2) is 0 Å². The highest BCUT2D eigenvalue weighted by Gasteiger charge is 2.36. The molecule has 2 heterocycles. The molecular weight excluding hydrogens is 343 g/mol. The maximum atomic E-state index is 12.3. The summed E-state index contributed by atoms with van der Waals surface area (Å²) in [5.41, 5.74) is 2.75. The zero-order chi connectivity index (χ0) is 19.4. The van der Waals surface area contributed by atoms with E-state index in [-0.39, 0.29) is 6.67 Å². The van der Waals surface area contributed by atoms with Crippen LogP contribution in [-0.4, -0.2) is 62.9 Å². The molecule has 0 unspecified atom stereocenters. The number of nitrogens with zero attached hydrogens (tertiary/aromatic N) is 2. The van der Waals surface area contributed by atoms with Crippen LogP contribution < -0.4 is 9.47 Å². The third-order valence-corrected chi connectivity index (χ3v) is 5.95. The highest BCUT2D eigenvalue weighted by molar-refractivity contribution is 5.49. The van der Waals surface area contributed by atoms with Gasteiger partial charge in [0.2, 0.25) is 0 Å². The van der Waals surface area contributed by atoms with Crippen LogP contribution in [0.5, 0.6) is 11.5 Å². The molecule has 1 aromatic rings. The van der Waals surface area contributed by atoms with Crippen LogP contribution in [0.2, 0.25) is 0 Å². The molecule has 0 saturated carbocycles. The molecule has 27 heavy (non-hydrogen) atoms. The number of alkyl halides is 1. The number of benzene rings is 1. The number of unbranched alkanes of at least 4 members (excludes halogenated alkanes) is 1. The minimum absolute atomic E-state index is 0.284. The van der Waals surface area contributed by atoms with Crippen molar-refractivity contribution in [3.8, 4) is 11.5 Å². The predicted molar refractivity (Wildman–Crippen MR) is 108 cm³/mol. The number of rotatable bonds is 8. The fourth-order valence-electron chi connectivity index (χ4n) is 4.47. The van der Waals surface area contributed by atoms with E-state index in [0.717, 1.165) is 49.9 Å². The van der Waals surface area contributed by atoms with E-state index in [1.807, 2.05) is 0 Å². The number of hydrogen-bond donors (Lipinski definition) is 0. The van der Waals surface area contributed by atoms with E-state index in [0.29, 0.717) is 25.1 Å². The normalized spacial score (nSPS) is 23.2. The van der Waals surface area contributed by atoms with E-state index in [2.05, 4.69) is 42.8 Å². The summed E-state index contributed by atoms with van der Waals surface area (Å²) >= 11 is 0.